The number of hydrogen-bond acceptors (Lipinski definition) is 3. The van der Waals surface area contributed by atoms with Gasteiger partial charge in [-0.2, -0.15) is 5.10 Å². The van der Waals surface area contributed by atoms with Crippen LogP contribution in [-0.2, 0) is 11.2 Å². The molecule has 2 aromatic rings. The van der Waals surface area contributed by atoms with E-state index in [1.165, 1.54) is 11.0 Å². The van der Waals surface area contributed by atoms with Gasteiger partial charge in [-0.05, 0) is 31.6 Å². The fourth-order valence-electron chi connectivity index (χ4n) is 1.55. The number of H-pyrrole nitrogens is 1. The van der Waals surface area contributed by atoms with Crippen LogP contribution in [0.25, 0.3) is 6.08 Å². The molecule has 0 saturated carbocycles. The van der Waals surface area contributed by atoms with Crippen molar-refractivity contribution in [2.24, 2.45) is 0 Å². The van der Waals surface area contributed by atoms with Gasteiger partial charge in [-0.3, -0.25) is 9.89 Å². The molecule has 2 aromatic heterocycles. The minimum atomic E-state index is -0.153. The molecule has 0 fully saturated rings. The molecule has 2 N–H and O–H groups in total. The Hall–Kier alpha value is -1.88. The lowest BCUT2D eigenvalue weighted by molar-refractivity contribution is -0.111. The van der Waals surface area contributed by atoms with Crippen LogP contribution in [0.15, 0.2) is 24.4 Å². The minimum absolute atomic E-state index is 0.153. The Balaban J connectivity index is 1.99. The third-order valence-corrected chi connectivity index (χ3v) is 3.47. The Bertz CT molecular complexity index is 568. The van der Waals surface area contributed by atoms with Crippen LogP contribution in [-0.4, -0.2) is 16.1 Å². The van der Waals surface area contributed by atoms with Crippen molar-refractivity contribution in [2.45, 2.75) is 20.3 Å². The van der Waals surface area contributed by atoms with Gasteiger partial charge in [-0.15, -0.1) is 11.3 Å². The van der Waals surface area contributed by atoms with E-state index >= 15 is 0 Å². The predicted octanol–water partition coefficient (Wildman–Crippen LogP) is 2.99. The van der Waals surface area contributed by atoms with Gasteiger partial charge in [-0.1, -0.05) is 6.92 Å². The van der Waals surface area contributed by atoms with E-state index in [0.717, 1.165) is 16.9 Å². The number of hydrogen-bond donors (Lipinski definition) is 2. The lowest BCUT2D eigenvalue weighted by Crippen LogP contribution is -2.09. The van der Waals surface area contributed by atoms with Crippen molar-refractivity contribution >= 4 is 29.1 Å². The van der Waals surface area contributed by atoms with E-state index in [9.17, 15) is 4.79 Å². The first-order valence-corrected chi connectivity index (χ1v) is 6.58. The van der Waals surface area contributed by atoms with E-state index in [2.05, 4.69) is 15.5 Å². The van der Waals surface area contributed by atoms with Crippen LogP contribution in [0, 0.1) is 6.92 Å². The number of carbonyl (C=O) groups excluding carboxylic acids is 1. The van der Waals surface area contributed by atoms with Crippen molar-refractivity contribution in [3.8, 4) is 0 Å². The molecule has 0 aromatic carbocycles. The van der Waals surface area contributed by atoms with Gasteiger partial charge in [0.1, 0.15) is 5.82 Å². The topological polar surface area (TPSA) is 57.8 Å². The van der Waals surface area contributed by atoms with E-state index in [-0.39, 0.29) is 5.91 Å². The molecule has 0 aliphatic carbocycles. The van der Waals surface area contributed by atoms with E-state index in [1.54, 1.807) is 17.5 Å². The summed E-state index contributed by atoms with van der Waals surface area (Å²) in [6.07, 6.45) is 5.91. The normalized spacial score (nSPS) is 11.0. The van der Waals surface area contributed by atoms with Crippen molar-refractivity contribution < 1.29 is 4.79 Å². The number of aromatic amines is 1. The number of nitrogens with one attached hydrogen (secondary N) is 2. The molecule has 5 heteroatoms. The van der Waals surface area contributed by atoms with Crippen LogP contribution in [0.1, 0.15) is 22.2 Å². The van der Waals surface area contributed by atoms with Crippen molar-refractivity contribution in [1.29, 1.82) is 0 Å². The highest BCUT2D eigenvalue weighted by molar-refractivity contribution is 7.12. The van der Waals surface area contributed by atoms with Crippen molar-refractivity contribution in [1.82, 2.24) is 10.2 Å². The average molecular weight is 261 g/mol. The van der Waals surface area contributed by atoms with Crippen LogP contribution in [0.3, 0.4) is 0 Å². The van der Waals surface area contributed by atoms with Gasteiger partial charge in [0.05, 0.1) is 6.20 Å². The van der Waals surface area contributed by atoms with E-state index in [1.807, 2.05) is 32.1 Å². The van der Waals surface area contributed by atoms with Gasteiger partial charge in [0.25, 0.3) is 0 Å². The molecule has 0 aliphatic rings. The average Bonchev–Trinajstić information content (AvgIpc) is 2.95. The van der Waals surface area contributed by atoms with Crippen molar-refractivity contribution in [2.75, 3.05) is 5.32 Å². The first kappa shape index (κ1) is 12.6. The summed E-state index contributed by atoms with van der Waals surface area (Å²) in [5, 5.41) is 9.46. The zero-order chi connectivity index (χ0) is 13.0. The first-order chi connectivity index (χ1) is 8.69. The third kappa shape index (κ3) is 3.07. The number of aryl methyl sites for hydroxylation is 2. The highest BCUT2D eigenvalue weighted by Crippen LogP contribution is 2.16. The Kier molecular flexibility index (Phi) is 3.94. The number of carbonyl (C=O) groups is 1. The van der Waals surface area contributed by atoms with Gasteiger partial charge in [-0.25, -0.2) is 0 Å². The Morgan fingerprint density at radius 3 is 3.06 bits per heavy atom. The summed E-state index contributed by atoms with van der Waals surface area (Å²) < 4.78 is 0. The molecule has 2 heterocycles. The monoisotopic (exact) mass is 261 g/mol. The second-order valence-corrected chi connectivity index (χ2v) is 5.21. The molecular weight excluding hydrogens is 246 g/mol. The summed E-state index contributed by atoms with van der Waals surface area (Å²) >= 11 is 1.66. The maximum atomic E-state index is 11.7. The molecule has 0 bridgehead atoms. The van der Waals surface area contributed by atoms with Crippen LogP contribution in [0.2, 0.25) is 0 Å². The molecule has 4 nitrogen and oxygen atoms in total. The molecule has 0 spiro atoms. The summed E-state index contributed by atoms with van der Waals surface area (Å²) in [5.74, 6) is 0.523. The summed E-state index contributed by atoms with van der Waals surface area (Å²) in [6, 6.07) is 4.03. The quantitative estimate of drug-likeness (QED) is 0.831. The molecule has 0 radical (unpaired) electrons. The molecule has 0 saturated heterocycles. The zero-order valence-corrected chi connectivity index (χ0v) is 11.2. The fourth-order valence-corrected chi connectivity index (χ4v) is 2.33. The Morgan fingerprint density at radius 2 is 2.39 bits per heavy atom. The number of rotatable bonds is 4. The highest BCUT2D eigenvalue weighted by atomic mass is 32.1. The molecule has 18 heavy (non-hydrogen) atoms. The molecule has 0 aliphatic heterocycles. The number of nitrogens with zero attached hydrogens (tertiary/aromatic N) is 1. The lowest BCUT2D eigenvalue weighted by Gasteiger charge is -2.00. The third-order valence-electron chi connectivity index (χ3n) is 2.51. The number of anilines is 1. The van der Waals surface area contributed by atoms with Crippen molar-refractivity contribution in [3.05, 3.63) is 39.7 Å². The van der Waals surface area contributed by atoms with Gasteiger partial charge in [0.2, 0.25) is 5.91 Å². The van der Waals surface area contributed by atoms with Crippen LogP contribution >= 0.6 is 11.3 Å². The second-order valence-electron chi connectivity index (χ2n) is 3.89. The van der Waals surface area contributed by atoms with E-state index < -0.39 is 0 Å². The molecule has 94 valence electrons. The van der Waals surface area contributed by atoms with Gasteiger partial charge < -0.3 is 5.32 Å². The number of aromatic nitrogens is 2. The van der Waals surface area contributed by atoms with Crippen molar-refractivity contribution in [3.63, 3.8) is 0 Å². The Labute approximate surface area is 110 Å². The Morgan fingerprint density at radius 1 is 1.56 bits per heavy atom. The fraction of sp³-hybridized carbons (Fsp3) is 0.231. The maximum absolute atomic E-state index is 11.7. The number of amides is 1. The highest BCUT2D eigenvalue weighted by Gasteiger charge is 2.05. The van der Waals surface area contributed by atoms with Crippen LogP contribution < -0.4 is 5.32 Å². The van der Waals surface area contributed by atoms with E-state index in [0.29, 0.717) is 5.82 Å². The van der Waals surface area contributed by atoms with Crippen LogP contribution in [0.4, 0.5) is 5.82 Å². The summed E-state index contributed by atoms with van der Waals surface area (Å²) in [7, 11) is 0. The summed E-state index contributed by atoms with van der Waals surface area (Å²) in [5.41, 5.74) is 1.00. The van der Waals surface area contributed by atoms with Gasteiger partial charge in [0.15, 0.2) is 0 Å². The molecule has 0 atom stereocenters. The zero-order valence-electron chi connectivity index (χ0n) is 10.4. The minimum Gasteiger partial charge on any atom is -0.307 e. The van der Waals surface area contributed by atoms with Gasteiger partial charge in [0, 0.05) is 21.4 Å². The maximum Gasteiger partial charge on any atom is 0.249 e. The first-order valence-electron chi connectivity index (χ1n) is 5.76. The van der Waals surface area contributed by atoms with Gasteiger partial charge >= 0.3 is 0 Å². The second kappa shape index (κ2) is 5.64. The molecular formula is C13H15N3OS. The molecule has 2 rings (SSSR count). The van der Waals surface area contributed by atoms with Crippen LogP contribution in [0.5, 0.6) is 0 Å². The predicted molar refractivity (Wildman–Crippen MR) is 74.7 cm³/mol. The summed E-state index contributed by atoms with van der Waals surface area (Å²) in [4.78, 5) is 14.0. The smallest absolute Gasteiger partial charge is 0.249 e. The standard InChI is InChI=1S/C13H15N3OS/c1-3-10-8-14-16-13(10)15-12(17)7-6-11-5-4-9(2)18-11/h4-8H,3H2,1-2H3,(H2,14,15,16,17)/b7-6+. The molecule has 1 amide bonds. The molecule has 0 unspecified atom stereocenters. The largest absolute Gasteiger partial charge is 0.307 e. The lowest BCUT2D eigenvalue weighted by atomic mass is 10.2. The number of thiophene rings is 1. The van der Waals surface area contributed by atoms with E-state index in [4.69, 9.17) is 0 Å². The summed E-state index contributed by atoms with van der Waals surface area (Å²) in [6.45, 7) is 4.06. The SMILES string of the molecule is CCc1cn[nH]c1NC(=O)/C=C/c1ccc(C)s1.